The maximum absolute atomic E-state index is 12.6. The fourth-order valence-electron chi connectivity index (χ4n) is 4.24. The predicted octanol–water partition coefficient (Wildman–Crippen LogP) is 3.13. The molecule has 2 saturated heterocycles. The molecular weight excluding hydrogens is 378 g/mol. The Morgan fingerprint density at radius 2 is 1.53 bits per heavy atom. The topological polar surface area (TPSA) is 53.1 Å². The van der Waals surface area contributed by atoms with Crippen molar-refractivity contribution >= 4 is 11.8 Å². The average Bonchev–Trinajstić information content (AvgIpc) is 3.07. The molecule has 1 atom stereocenters. The molecule has 1 aromatic rings. The summed E-state index contributed by atoms with van der Waals surface area (Å²) in [5, 5.41) is 0. The van der Waals surface area contributed by atoms with E-state index in [0.29, 0.717) is 25.6 Å². The highest BCUT2D eigenvalue weighted by molar-refractivity contribution is 5.79. The highest BCUT2D eigenvalue weighted by Gasteiger charge is 2.25. The molecule has 0 spiro atoms. The van der Waals surface area contributed by atoms with Crippen LogP contribution in [0.15, 0.2) is 24.3 Å². The third-order valence-electron chi connectivity index (χ3n) is 6.46. The first-order valence-electron chi connectivity index (χ1n) is 11.6. The van der Waals surface area contributed by atoms with E-state index in [-0.39, 0.29) is 18.4 Å². The van der Waals surface area contributed by atoms with Gasteiger partial charge in [-0.3, -0.25) is 14.5 Å². The van der Waals surface area contributed by atoms with Crippen LogP contribution in [0.5, 0.6) is 5.75 Å². The minimum atomic E-state index is 0.0208. The van der Waals surface area contributed by atoms with Crippen LogP contribution in [0.2, 0.25) is 0 Å². The van der Waals surface area contributed by atoms with Crippen molar-refractivity contribution in [1.29, 1.82) is 0 Å². The van der Waals surface area contributed by atoms with Gasteiger partial charge in [-0.15, -0.1) is 0 Å². The van der Waals surface area contributed by atoms with Gasteiger partial charge in [-0.1, -0.05) is 44.9 Å². The summed E-state index contributed by atoms with van der Waals surface area (Å²) in [6.45, 7) is 9.47. The van der Waals surface area contributed by atoms with Gasteiger partial charge in [0.2, 0.25) is 5.91 Å². The van der Waals surface area contributed by atoms with E-state index in [1.165, 1.54) is 12.8 Å². The highest BCUT2D eigenvalue weighted by Crippen LogP contribution is 2.28. The van der Waals surface area contributed by atoms with E-state index in [9.17, 15) is 9.59 Å². The Hall–Kier alpha value is -2.08. The third-order valence-corrected chi connectivity index (χ3v) is 6.46. The van der Waals surface area contributed by atoms with Gasteiger partial charge in [0.15, 0.2) is 6.61 Å². The molecule has 0 N–H and O–H groups in total. The third kappa shape index (κ3) is 6.21. The van der Waals surface area contributed by atoms with Gasteiger partial charge in [0.1, 0.15) is 5.75 Å². The van der Waals surface area contributed by atoms with Crippen LogP contribution in [0.1, 0.15) is 57.4 Å². The minimum Gasteiger partial charge on any atom is -0.483 e. The van der Waals surface area contributed by atoms with E-state index in [4.69, 9.17) is 4.74 Å². The van der Waals surface area contributed by atoms with Gasteiger partial charge in [0.05, 0.1) is 6.54 Å². The molecule has 0 bridgehead atoms. The molecule has 166 valence electrons. The van der Waals surface area contributed by atoms with Crippen LogP contribution in [-0.4, -0.2) is 78.9 Å². The second kappa shape index (κ2) is 11.3. The number of piperazine rings is 1. The predicted molar refractivity (Wildman–Crippen MR) is 119 cm³/mol. The second-order valence-electron chi connectivity index (χ2n) is 8.59. The first-order valence-corrected chi connectivity index (χ1v) is 11.6. The number of ether oxygens (including phenoxy) is 1. The van der Waals surface area contributed by atoms with Crippen molar-refractivity contribution in [3.05, 3.63) is 29.8 Å². The molecule has 0 saturated carbocycles. The molecule has 6 nitrogen and oxygen atoms in total. The lowest BCUT2D eigenvalue weighted by molar-refractivity contribution is -0.136. The Kier molecular flexibility index (Phi) is 8.55. The van der Waals surface area contributed by atoms with Crippen molar-refractivity contribution in [2.75, 3.05) is 52.4 Å². The summed E-state index contributed by atoms with van der Waals surface area (Å²) in [7, 11) is 0. The van der Waals surface area contributed by atoms with Crippen LogP contribution in [0.3, 0.4) is 0 Å². The molecule has 1 aromatic carbocycles. The van der Waals surface area contributed by atoms with Gasteiger partial charge in [-0.2, -0.15) is 0 Å². The van der Waals surface area contributed by atoms with Gasteiger partial charge in [0.25, 0.3) is 5.91 Å². The van der Waals surface area contributed by atoms with E-state index in [0.717, 1.165) is 56.8 Å². The maximum Gasteiger partial charge on any atom is 0.260 e. The van der Waals surface area contributed by atoms with Gasteiger partial charge in [-0.25, -0.2) is 0 Å². The van der Waals surface area contributed by atoms with Crippen molar-refractivity contribution in [2.45, 2.75) is 51.9 Å². The van der Waals surface area contributed by atoms with E-state index in [1.54, 1.807) is 0 Å². The van der Waals surface area contributed by atoms with Crippen LogP contribution < -0.4 is 4.74 Å². The molecule has 1 unspecified atom stereocenters. The molecule has 0 aliphatic carbocycles. The van der Waals surface area contributed by atoms with Crippen LogP contribution >= 0.6 is 0 Å². The van der Waals surface area contributed by atoms with Crippen LogP contribution in [0.4, 0.5) is 0 Å². The molecule has 2 amide bonds. The Morgan fingerprint density at radius 1 is 0.900 bits per heavy atom. The molecule has 0 aromatic heterocycles. The van der Waals surface area contributed by atoms with Crippen LogP contribution in [0.25, 0.3) is 0 Å². The zero-order valence-corrected chi connectivity index (χ0v) is 18.6. The van der Waals surface area contributed by atoms with Crippen molar-refractivity contribution in [3.63, 3.8) is 0 Å². The second-order valence-corrected chi connectivity index (χ2v) is 8.59. The quantitative estimate of drug-likeness (QED) is 0.687. The average molecular weight is 416 g/mol. The number of nitrogens with zero attached hydrogens (tertiary/aromatic N) is 3. The van der Waals surface area contributed by atoms with Gasteiger partial charge in [-0.05, 0) is 36.8 Å². The fraction of sp³-hybridized carbons (Fsp3) is 0.667. The van der Waals surface area contributed by atoms with E-state index in [1.807, 2.05) is 28.0 Å². The summed E-state index contributed by atoms with van der Waals surface area (Å²) in [6.07, 6.45) is 5.73. The normalized spacial score (nSPS) is 19.3. The number of rotatable bonds is 7. The number of hydrogen-bond acceptors (Lipinski definition) is 4. The summed E-state index contributed by atoms with van der Waals surface area (Å²) in [4.78, 5) is 31.3. The molecule has 0 radical (unpaired) electrons. The zero-order valence-electron chi connectivity index (χ0n) is 18.6. The summed E-state index contributed by atoms with van der Waals surface area (Å²) < 4.78 is 5.89. The van der Waals surface area contributed by atoms with E-state index >= 15 is 0 Å². The molecule has 30 heavy (non-hydrogen) atoms. The van der Waals surface area contributed by atoms with Gasteiger partial charge >= 0.3 is 0 Å². The largest absolute Gasteiger partial charge is 0.483 e. The molecule has 3 rings (SSSR count). The van der Waals surface area contributed by atoms with E-state index in [2.05, 4.69) is 24.8 Å². The zero-order chi connectivity index (χ0) is 21.3. The van der Waals surface area contributed by atoms with E-state index < -0.39 is 0 Å². The summed E-state index contributed by atoms with van der Waals surface area (Å²) in [5.74, 6) is 1.47. The summed E-state index contributed by atoms with van der Waals surface area (Å²) >= 11 is 0. The smallest absolute Gasteiger partial charge is 0.260 e. The number of carbonyl (C=O) groups is 2. The summed E-state index contributed by atoms with van der Waals surface area (Å²) in [6, 6.07) is 7.99. The Bertz CT molecular complexity index is 693. The lowest BCUT2D eigenvalue weighted by Gasteiger charge is -2.35. The van der Waals surface area contributed by atoms with Crippen molar-refractivity contribution in [1.82, 2.24) is 14.7 Å². The SMILES string of the molecule is CCC(C)c1ccccc1OCC(=O)N1CCN(CC(=O)N2CCCCCC2)CC1. The molecule has 2 heterocycles. The maximum atomic E-state index is 12.6. The number of benzene rings is 1. The number of para-hydroxylation sites is 1. The molecule has 2 fully saturated rings. The molecule has 2 aliphatic rings. The lowest BCUT2D eigenvalue weighted by Crippen LogP contribution is -2.52. The summed E-state index contributed by atoms with van der Waals surface area (Å²) in [5.41, 5.74) is 1.16. The fourth-order valence-corrected chi connectivity index (χ4v) is 4.24. The Labute approximate surface area is 181 Å². The standard InChI is InChI=1S/C24H37N3O3/c1-3-20(2)21-10-6-7-11-22(21)30-19-24(29)27-16-14-25(15-17-27)18-23(28)26-12-8-4-5-9-13-26/h6-7,10-11,20H,3-5,8-9,12-19H2,1-2H3. The number of carbonyl (C=O) groups excluding carboxylic acids is 2. The van der Waals surface area contributed by atoms with Gasteiger partial charge < -0.3 is 14.5 Å². The first-order chi connectivity index (χ1) is 14.6. The first kappa shape index (κ1) is 22.6. The van der Waals surface area contributed by atoms with Crippen molar-refractivity contribution in [2.24, 2.45) is 0 Å². The number of likely N-dealkylation sites (tertiary alicyclic amines) is 1. The molecular formula is C24H37N3O3. The molecule has 6 heteroatoms. The molecule has 2 aliphatic heterocycles. The minimum absolute atomic E-state index is 0.0208. The highest BCUT2D eigenvalue weighted by atomic mass is 16.5. The number of hydrogen-bond donors (Lipinski definition) is 0. The Balaban J connectivity index is 1.43. The number of amides is 2. The Morgan fingerprint density at radius 3 is 2.20 bits per heavy atom. The monoisotopic (exact) mass is 415 g/mol. The van der Waals surface area contributed by atoms with Gasteiger partial charge in [0, 0.05) is 39.3 Å². The van der Waals surface area contributed by atoms with Crippen molar-refractivity contribution < 1.29 is 14.3 Å². The van der Waals surface area contributed by atoms with Crippen LogP contribution in [-0.2, 0) is 9.59 Å². The lowest BCUT2D eigenvalue weighted by atomic mass is 9.98. The van der Waals surface area contributed by atoms with Crippen molar-refractivity contribution in [3.8, 4) is 5.75 Å². The van der Waals surface area contributed by atoms with Crippen LogP contribution in [0, 0.1) is 0 Å².